The lowest BCUT2D eigenvalue weighted by molar-refractivity contribution is 0.0917. The van der Waals surface area contributed by atoms with E-state index in [1.54, 1.807) is 42.8 Å². The number of pyridine rings is 1. The molecule has 8 nitrogen and oxygen atoms in total. The van der Waals surface area contributed by atoms with E-state index in [1.807, 2.05) is 12.1 Å². The fourth-order valence-electron chi connectivity index (χ4n) is 4.35. The van der Waals surface area contributed by atoms with E-state index in [0.717, 1.165) is 25.9 Å². The number of carbonyl (C=O) groups is 2. The zero-order valence-electron chi connectivity index (χ0n) is 18.6. The lowest BCUT2D eigenvalue weighted by Crippen LogP contribution is -2.43. The number of piperidine rings is 1. The zero-order chi connectivity index (χ0) is 22.8. The van der Waals surface area contributed by atoms with E-state index >= 15 is 0 Å². The van der Waals surface area contributed by atoms with Gasteiger partial charge >= 0.3 is 0 Å². The van der Waals surface area contributed by atoms with Crippen LogP contribution in [-0.4, -0.2) is 47.1 Å². The van der Waals surface area contributed by atoms with Crippen molar-refractivity contribution in [3.8, 4) is 5.75 Å². The van der Waals surface area contributed by atoms with Crippen molar-refractivity contribution in [1.82, 2.24) is 19.8 Å². The second kappa shape index (κ2) is 9.00. The fourth-order valence-corrected chi connectivity index (χ4v) is 4.35. The molecule has 32 heavy (non-hydrogen) atoms. The maximum atomic E-state index is 13.5. The standard InChI is InChI=1S/C24H28N4O4/c1-15-13-18-20(24(31)28(15)14-19(29)16-7-5-4-6-8-16)22(32-3)21(27(18)2)23(30)26-17-9-11-25-12-10-17/h4-8,13,17,25H,9-12,14H2,1-3H3,(H,26,30). The first kappa shape index (κ1) is 21.8. The van der Waals surface area contributed by atoms with Crippen LogP contribution in [0.1, 0.15) is 39.4 Å². The summed E-state index contributed by atoms with van der Waals surface area (Å²) >= 11 is 0. The third-order valence-electron chi connectivity index (χ3n) is 6.12. The van der Waals surface area contributed by atoms with Gasteiger partial charge in [0.05, 0.1) is 19.2 Å². The summed E-state index contributed by atoms with van der Waals surface area (Å²) < 4.78 is 8.70. The number of nitrogens with zero attached hydrogens (tertiary/aromatic N) is 2. The predicted molar refractivity (Wildman–Crippen MR) is 123 cm³/mol. The van der Waals surface area contributed by atoms with Crippen LogP contribution in [0, 0.1) is 6.92 Å². The van der Waals surface area contributed by atoms with E-state index in [9.17, 15) is 14.4 Å². The van der Waals surface area contributed by atoms with Gasteiger partial charge in [0, 0.05) is 24.3 Å². The maximum absolute atomic E-state index is 13.5. The van der Waals surface area contributed by atoms with Gasteiger partial charge in [-0.3, -0.25) is 14.4 Å². The van der Waals surface area contributed by atoms with Crippen molar-refractivity contribution >= 4 is 22.6 Å². The molecule has 0 radical (unpaired) electrons. The largest absolute Gasteiger partial charge is 0.493 e. The van der Waals surface area contributed by atoms with E-state index in [0.29, 0.717) is 27.9 Å². The molecule has 4 rings (SSSR count). The third-order valence-corrected chi connectivity index (χ3v) is 6.12. The van der Waals surface area contributed by atoms with E-state index in [2.05, 4.69) is 10.6 Å². The summed E-state index contributed by atoms with van der Waals surface area (Å²) in [7, 11) is 3.20. The highest BCUT2D eigenvalue weighted by Crippen LogP contribution is 2.31. The normalized spacial score (nSPS) is 14.5. The topological polar surface area (TPSA) is 94.4 Å². The van der Waals surface area contributed by atoms with Gasteiger partial charge in [0.15, 0.2) is 17.2 Å². The highest BCUT2D eigenvalue weighted by Gasteiger charge is 2.27. The van der Waals surface area contributed by atoms with Gasteiger partial charge in [-0.15, -0.1) is 0 Å². The second-order valence-electron chi connectivity index (χ2n) is 8.17. The molecule has 0 aliphatic carbocycles. The van der Waals surface area contributed by atoms with Gasteiger partial charge in [-0.25, -0.2) is 0 Å². The average Bonchev–Trinajstić information content (AvgIpc) is 3.09. The number of amides is 1. The Bertz CT molecular complexity index is 1220. The molecule has 1 aromatic carbocycles. The molecule has 2 N–H and O–H groups in total. The monoisotopic (exact) mass is 436 g/mol. The van der Waals surface area contributed by atoms with Crippen LogP contribution in [0.25, 0.3) is 10.9 Å². The number of ketones is 1. The Labute approximate surface area is 186 Å². The van der Waals surface area contributed by atoms with Crippen molar-refractivity contribution in [2.45, 2.75) is 32.4 Å². The molecule has 168 valence electrons. The minimum absolute atomic E-state index is 0.0772. The number of hydrogen-bond acceptors (Lipinski definition) is 5. The summed E-state index contributed by atoms with van der Waals surface area (Å²) in [6.07, 6.45) is 1.71. The molecular weight excluding hydrogens is 408 g/mol. The molecule has 0 unspecified atom stereocenters. The van der Waals surface area contributed by atoms with Crippen molar-refractivity contribution in [3.63, 3.8) is 0 Å². The molecule has 1 aliphatic rings. The molecule has 1 fully saturated rings. The smallest absolute Gasteiger partial charge is 0.272 e. The van der Waals surface area contributed by atoms with Gasteiger partial charge in [0.25, 0.3) is 11.5 Å². The molecule has 8 heteroatoms. The molecule has 0 bridgehead atoms. The molecule has 3 aromatic rings. The Morgan fingerprint density at radius 3 is 2.53 bits per heavy atom. The first-order valence-electron chi connectivity index (χ1n) is 10.8. The number of benzene rings is 1. The summed E-state index contributed by atoms with van der Waals surface area (Å²) in [6, 6.07) is 10.8. The average molecular weight is 437 g/mol. The number of Topliss-reactive ketones (excluding diaryl/α,β-unsaturated/α-hetero) is 1. The van der Waals surface area contributed by atoms with Crippen LogP contribution in [0.5, 0.6) is 5.75 Å². The van der Waals surface area contributed by atoms with Gasteiger partial charge in [0.2, 0.25) is 0 Å². The summed E-state index contributed by atoms with van der Waals surface area (Å²) in [4.78, 5) is 39.3. The van der Waals surface area contributed by atoms with Crippen LogP contribution in [-0.2, 0) is 13.6 Å². The van der Waals surface area contributed by atoms with Crippen LogP contribution >= 0.6 is 0 Å². The Morgan fingerprint density at radius 2 is 1.88 bits per heavy atom. The lowest BCUT2D eigenvalue weighted by Gasteiger charge is -2.23. The van der Waals surface area contributed by atoms with Gasteiger partial charge in [0.1, 0.15) is 5.39 Å². The number of fused-ring (bicyclic) bond motifs is 1. The molecule has 1 saturated heterocycles. The van der Waals surface area contributed by atoms with E-state index < -0.39 is 0 Å². The highest BCUT2D eigenvalue weighted by molar-refractivity contribution is 6.04. The van der Waals surface area contributed by atoms with Crippen LogP contribution in [0.3, 0.4) is 0 Å². The molecule has 1 aliphatic heterocycles. The highest BCUT2D eigenvalue weighted by atomic mass is 16.5. The van der Waals surface area contributed by atoms with Crippen molar-refractivity contribution in [2.24, 2.45) is 7.05 Å². The summed E-state index contributed by atoms with van der Waals surface area (Å²) in [6.45, 7) is 3.42. The zero-order valence-corrected chi connectivity index (χ0v) is 18.6. The van der Waals surface area contributed by atoms with E-state index in [1.165, 1.54) is 11.7 Å². The molecule has 0 atom stereocenters. The number of carbonyl (C=O) groups excluding carboxylic acids is 2. The van der Waals surface area contributed by atoms with Gasteiger partial charge in [-0.05, 0) is 38.9 Å². The Kier molecular flexibility index (Phi) is 6.14. The Morgan fingerprint density at radius 1 is 1.19 bits per heavy atom. The Hall–Kier alpha value is -3.39. The van der Waals surface area contributed by atoms with Gasteiger partial charge in [-0.2, -0.15) is 0 Å². The lowest BCUT2D eigenvalue weighted by atomic mass is 10.1. The first-order chi connectivity index (χ1) is 15.4. The maximum Gasteiger partial charge on any atom is 0.272 e. The van der Waals surface area contributed by atoms with Crippen LogP contribution in [0.2, 0.25) is 0 Å². The number of methoxy groups -OCH3 is 1. The van der Waals surface area contributed by atoms with Crippen LogP contribution in [0.4, 0.5) is 0 Å². The van der Waals surface area contributed by atoms with Gasteiger partial charge in [-0.1, -0.05) is 30.3 Å². The quantitative estimate of drug-likeness (QED) is 0.577. The minimum Gasteiger partial charge on any atom is -0.493 e. The van der Waals surface area contributed by atoms with Crippen LogP contribution < -0.4 is 20.9 Å². The van der Waals surface area contributed by atoms with Crippen molar-refractivity contribution in [2.75, 3.05) is 20.2 Å². The third kappa shape index (κ3) is 3.93. The molecule has 3 heterocycles. The SMILES string of the molecule is COc1c(C(=O)NC2CCNCC2)n(C)c2cc(C)n(CC(=O)c3ccccc3)c(=O)c12. The van der Waals surface area contributed by atoms with E-state index in [4.69, 9.17) is 4.74 Å². The molecule has 2 aromatic heterocycles. The number of aryl methyl sites for hydroxylation is 2. The summed E-state index contributed by atoms with van der Waals surface area (Å²) in [5.41, 5.74) is 1.74. The second-order valence-corrected chi connectivity index (χ2v) is 8.17. The number of aromatic nitrogens is 2. The van der Waals surface area contributed by atoms with Crippen LogP contribution in [0.15, 0.2) is 41.2 Å². The minimum atomic E-state index is -0.349. The predicted octanol–water partition coefficient (Wildman–Crippen LogP) is 2.02. The number of rotatable bonds is 6. The molecule has 1 amide bonds. The number of hydrogen-bond donors (Lipinski definition) is 2. The fraction of sp³-hybridized carbons (Fsp3) is 0.375. The van der Waals surface area contributed by atoms with Crippen molar-refractivity contribution < 1.29 is 14.3 Å². The summed E-state index contributed by atoms with van der Waals surface area (Å²) in [5, 5.41) is 6.65. The van der Waals surface area contributed by atoms with Gasteiger partial charge < -0.3 is 24.5 Å². The molecular formula is C24H28N4O4. The number of nitrogens with one attached hydrogen (secondary N) is 2. The van der Waals surface area contributed by atoms with Crippen molar-refractivity contribution in [1.29, 1.82) is 0 Å². The molecule has 0 saturated carbocycles. The first-order valence-corrected chi connectivity index (χ1v) is 10.8. The summed E-state index contributed by atoms with van der Waals surface area (Å²) in [5.74, 6) is -0.190. The van der Waals surface area contributed by atoms with E-state index in [-0.39, 0.29) is 35.6 Å². The number of ether oxygens (including phenoxy) is 1. The Balaban J connectivity index is 1.75. The van der Waals surface area contributed by atoms with Crippen molar-refractivity contribution in [3.05, 3.63) is 63.7 Å². The molecule has 0 spiro atoms.